The molecular formula is C17H16BrNO3. The second-order valence-corrected chi connectivity index (χ2v) is 5.87. The number of halogens is 1. The molecule has 1 N–H and O–H groups in total. The molecule has 0 saturated heterocycles. The minimum Gasteiger partial charge on any atom is -0.483 e. The molecule has 2 aromatic rings. The maximum absolute atomic E-state index is 12.0. The molecule has 2 aromatic carbocycles. The number of aldehydes is 1. The number of anilines is 1. The van der Waals surface area contributed by atoms with Crippen molar-refractivity contribution in [3.05, 3.63) is 57.6 Å². The molecule has 0 bridgehead atoms. The van der Waals surface area contributed by atoms with Gasteiger partial charge in [0.05, 0.1) is 5.56 Å². The first kappa shape index (κ1) is 16.2. The summed E-state index contributed by atoms with van der Waals surface area (Å²) in [7, 11) is 0. The van der Waals surface area contributed by atoms with Crippen LogP contribution in [-0.2, 0) is 4.79 Å². The van der Waals surface area contributed by atoms with Gasteiger partial charge >= 0.3 is 0 Å². The van der Waals surface area contributed by atoms with Crippen molar-refractivity contribution < 1.29 is 14.3 Å². The number of aryl methyl sites for hydroxylation is 2. The Hall–Kier alpha value is -2.14. The van der Waals surface area contributed by atoms with E-state index in [0.29, 0.717) is 17.6 Å². The summed E-state index contributed by atoms with van der Waals surface area (Å²) in [5.74, 6) is 0.112. The summed E-state index contributed by atoms with van der Waals surface area (Å²) in [4.78, 5) is 22.9. The maximum atomic E-state index is 12.0. The number of hydrogen-bond acceptors (Lipinski definition) is 3. The highest BCUT2D eigenvalue weighted by Gasteiger charge is 2.09. The Morgan fingerprint density at radius 1 is 1.23 bits per heavy atom. The molecule has 0 aliphatic carbocycles. The van der Waals surface area contributed by atoms with Crippen LogP contribution in [0.3, 0.4) is 0 Å². The van der Waals surface area contributed by atoms with Crippen molar-refractivity contribution in [1.29, 1.82) is 0 Å². The number of benzene rings is 2. The largest absolute Gasteiger partial charge is 0.483 e. The molecule has 0 aliphatic rings. The molecule has 0 saturated carbocycles. The molecule has 0 aliphatic heterocycles. The van der Waals surface area contributed by atoms with Gasteiger partial charge in [-0.25, -0.2) is 0 Å². The lowest BCUT2D eigenvalue weighted by Gasteiger charge is -2.11. The smallest absolute Gasteiger partial charge is 0.262 e. The first-order valence-electron chi connectivity index (χ1n) is 6.74. The third kappa shape index (κ3) is 4.18. The van der Waals surface area contributed by atoms with Crippen molar-refractivity contribution in [2.75, 3.05) is 11.9 Å². The number of rotatable bonds is 5. The summed E-state index contributed by atoms with van der Waals surface area (Å²) in [6, 6.07) is 10.8. The lowest BCUT2D eigenvalue weighted by atomic mass is 10.1. The van der Waals surface area contributed by atoms with Crippen LogP contribution in [0, 0.1) is 13.8 Å². The fourth-order valence-electron chi connectivity index (χ4n) is 2.03. The molecule has 0 heterocycles. The van der Waals surface area contributed by atoms with Crippen LogP contribution >= 0.6 is 15.9 Å². The summed E-state index contributed by atoms with van der Waals surface area (Å²) >= 11 is 3.28. The SMILES string of the molecule is Cc1ccc(NC(=O)COc2ccc(Br)cc2C=O)c(C)c1. The lowest BCUT2D eigenvalue weighted by Crippen LogP contribution is -2.21. The Labute approximate surface area is 137 Å². The highest BCUT2D eigenvalue weighted by atomic mass is 79.9. The third-order valence-corrected chi connectivity index (χ3v) is 3.61. The van der Waals surface area contributed by atoms with Gasteiger partial charge in [0.25, 0.3) is 5.91 Å². The van der Waals surface area contributed by atoms with E-state index in [4.69, 9.17) is 4.74 Å². The number of carbonyl (C=O) groups excluding carboxylic acids is 2. The second-order valence-electron chi connectivity index (χ2n) is 4.96. The van der Waals surface area contributed by atoms with Gasteiger partial charge < -0.3 is 10.1 Å². The van der Waals surface area contributed by atoms with Crippen LogP contribution < -0.4 is 10.1 Å². The van der Waals surface area contributed by atoms with E-state index in [1.54, 1.807) is 18.2 Å². The Morgan fingerprint density at radius 3 is 2.68 bits per heavy atom. The van der Waals surface area contributed by atoms with Crippen LogP contribution in [0.25, 0.3) is 0 Å². The molecule has 0 radical (unpaired) electrons. The first-order valence-corrected chi connectivity index (χ1v) is 7.53. The zero-order valence-electron chi connectivity index (χ0n) is 12.4. The predicted octanol–water partition coefficient (Wildman–Crippen LogP) is 3.90. The van der Waals surface area contributed by atoms with Crippen LogP contribution in [0.1, 0.15) is 21.5 Å². The molecule has 5 heteroatoms. The Morgan fingerprint density at radius 2 is 2.00 bits per heavy atom. The van der Waals surface area contributed by atoms with Gasteiger partial charge in [0, 0.05) is 10.2 Å². The Kier molecular flexibility index (Phi) is 5.33. The normalized spacial score (nSPS) is 10.1. The van der Waals surface area contributed by atoms with E-state index in [0.717, 1.165) is 21.3 Å². The van der Waals surface area contributed by atoms with Gasteiger partial charge in [0.1, 0.15) is 5.75 Å². The molecule has 4 nitrogen and oxygen atoms in total. The van der Waals surface area contributed by atoms with Crippen molar-refractivity contribution in [3.8, 4) is 5.75 Å². The average Bonchev–Trinajstić information content (AvgIpc) is 2.48. The van der Waals surface area contributed by atoms with Crippen molar-refractivity contribution in [2.45, 2.75) is 13.8 Å². The summed E-state index contributed by atoms with van der Waals surface area (Å²) < 4.78 is 6.20. The number of nitrogens with one attached hydrogen (secondary N) is 1. The average molecular weight is 362 g/mol. The van der Waals surface area contributed by atoms with Gasteiger partial charge in [0.15, 0.2) is 12.9 Å². The molecule has 0 unspecified atom stereocenters. The van der Waals surface area contributed by atoms with Crippen molar-refractivity contribution in [1.82, 2.24) is 0 Å². The van der Waals surface area contributed by atoms with Crippen LogP contribution in [-0.4, -0.2) is 18.8 Å². The van der Waals surface area contributed by atoms with E-state index in [1.807, 2.05) is 32.0 Å². The standard InChI is InChI=1S/C17H16BrNO3/c1-11-3-5-15(12(2)7-11)19-17(21)10-22-16-6-4-14(18)8-13(16)9-20/h3-9H,10H2,1-2H3,(H,19,21). The van der Waals surface area contributed by atoms with Crippen molar-refractivity contribution in [3.63, 3.8) is 0 Å². The number of carbonyl (C=O) groups is 2. The van der Waals surface area contributed by atoms with Crippen LogP contribution in [0.15, 0.2) is 40.9 Å². The van der Waals surface area contributed by atoms with Crippen LogP contribution in [0.5, 0.6) is 5.75 Å². The van der Waals surface area contributed by atoms with E-state index < -0.39 is 0 Å². The van der Waals surface area contributed by atoms with Gasteiger partial charge in [-0.05, 0) is 43.7 Å². The van der Waals surface area contributed by atoms with E-state index in [-0.39, 0.29) is 12.5 Å². The fraction of sp³-hybridized carbons (Fsp3) is 0.176. The highest BCUT2D eigenvalue weighted by molar-refractivity contribution is 9.10. The second kappa shape index (κ2) is 7.22. The van der Waals surface area contributed by atoms with E-state index in [9.17, 15) is 9.59 Å². The molecule has 0 spiro atoms. The van der Waals surface area contributed by atoms with E-state index >= 15 is 0 Å². The summed E-state index contributed by atoms with van der Waals surface area (Å²) in [5.41, 5.74) is 3.28. The summed E-state index contributed by atoms with van der Waals surface area (Å²) in [6.45, 7) is 3.77. The molecule has 2 rings (SSSR count). The van der Waals surface area contributed by atoms with Gasteiger partial charge in [-0.2, -0.15) is 0 Å². The molecular weight excluding hydrogens is 346 g/mol. The van der Waals surface area contributed by atoms with Crippen molar-refractivity contribution in [2.24, 2.45) is 0 Å². The minimum atomic E-state index is -0.272. The van der Waals surface area contributed by atoms with Gasteiger partial charge in [-0.15, -0.1) is 0 Å². The molecule has 1 amide bonds. The number of ether oxygens (including phenoxy) is 1. The molecule has 114 valence electrons. The zero-order valence-corrected chi connectivity index (χ0v) is 13.9. The summed E-state index contributed by atoms with van der Waals surface area (Å²) in [6.07, 6.45) is 0.697. The summed E-state index contributed by atoms with van der Waals surface area (Å²) in [5, 5.41) is 2.80. The van der Waals surface area contributed by atoms with Crippen LogP contribution in [0.2, 0.25) is 0 Å². The topological polar surface area (TPSA) is 55.4 Å². The monoisotopic (exact) mass is 361 g/mol. The minimum absolute atomic E-state index is 0.157. The zero-order chi connectivity index (χ0) is 16.1. The number of amides is 1. The molecule has 0 aromatic heterocycles. The predicted molar refractivity (Wildman–Crippen MR) is 89.6 cm³/mol. The first-order chi connectivity index (χ1) is 10.5. The van der Waals surface area contributed by atoms with Gasteiger partial charge in [-0.1, -0.05) is 33.6 Å². The Balaban J connectivity index is 2.00. The van der Waals surface area contributed by atoms with Gasteiger partial charge in [-0.3, -0.25) is 9.59 Å². The lowest BCUT2D eigenvalue weighted by molar-refractivity contribution is -0.118. The molecule has 0 atom stereocenters. The molecule has 22 heavy (non-hydrogen) atoms. The van der Waals surface area contributed by atoms with Gasteiger partial charge in [0.2, 0.25) is 0 Å². The Bertz CT molecular complexity index is 713. The third-order valence-electron chi connectivity index (χ3n) is 3.11. The highest BCUT2D eigenvalue weighted by Crippen LogP contribution is 2.22. The maximum Gasteiger partial charge on any atom is 0.262 e. The van der Waals surface area contributed by atoms with Crippen LogP contribution in [0.4, 0.5) is 5.69 Å². The number of hydrogen-bond donors (Lipinski definition) is 1. The fourth-order valence-corrected chi connectivity index (χ4v) is 2.41. The molecule has 0 fully saturated rings. The van der Waals surface area contributed by atoms with Crippen molar-refractivity contribution >= 4 is 33.8 Å². The van der Waals surface area contributed by atoms with E-state index in [2.05, 4.69) is 21.2 Å². The quantitative estimate of drug-likeness (QED) is 0.821. The van der Waals surface area contributed by atoms with E-state index in [1.165, 1.54) is 0 Å².